The molecular weight excluding hydrogens is 266 g/mol. The van der Waals surface area contributed by atoms with Gasteiger partial charge < -0.3 is 11.1 Å². The summed E-state index contributed by atoms with van der Waals surface area (Å²) in [6.07, 6.45) is 2.68. The van der Waals surface area contributed by atoms with E-state index in [-0.39, 0.29) is 5.91 Å². The van der Waals surface area contributed by atoms with E-state index in [0.717, 1.165) is 16.0 Å². The predicted molar refractivity (Wildman–Crippen MR) is 79.2 cm³/mol. The number of nitrogens with zero attached hydrogens (tertiary/aromatic N) is 1. The highest BCUT2D eigenvalue weighted by Gasteiger charge is 2.14. The third kappa shape index (κ3) is 3.22. The monoisotopic (exact) mass is 281 g/mol. The lowest BCUT2D eigenvalue weighted by Crippen LogP contribution is -2.36. The number of carbonyl (C=O) groups is 1. The zero-order chi connectivity index (χ0) is 13.0. The molecular formula is C12H15N3OS2. The van der Waals surface area contributed by atoms with E-state index in [0.29, 0.717) is 11.6 Å². The summed E-state index contributed by atoms with van der Waals surface area (Å²) in [5.41, 5.74) is 6.70. The van der Waals surface area contributed by atoms with Gasteiger partial charge >= 0.3 is 0 Å². The van der Waals surface area contributed by atoms with Gasteiger partial charge in [0.25, 0.3) is 0 Å². The van der Waals surface area contributed by atoms with Crippen LogP contribution < -0.4 is 11.1 Å². The van der Waals surface area contributed by atoms with Crippen molar-refractivity contribution in [1.29, 1.82) is 0 Å². The number of hydrogen-bond acceptors (Lipinski definition) is 5. The lowest BCUT2D eigenvalue weighted by Gasteiger charge is -2.09. The molecule has 1 atom stereocenters. The Kier molecular flexibility index (Phi) is 4.57. The average molecular weight is 281 g/mol. The van der Waals surface area contributed by atoms with Crippen molar-refractivity contribution in [1.82, 2.24) is 4.98 Å². The molecule has 0 unspecified atom stereocenters. The number of para-hydroxylation sites is 1. The molecule has 0 saturated carbocycles. The number of rotatable bonds is 5. The number of nitrogens with one attached hydrogen (secondary N) is 1. The summed E-state index contributed by atoms with van der Waals surface area (Å²) in [4.78, 5) is 16.2. The highest BCUT2D eigenvalue weighted by Crippen LogP contribution is 2.25. The lowest BCUT2D eigenvalue weighted by atomic mass is 10.2. The molecule has 0 fully saturated rings. The van der Waals surface area contributed by atoms with E-state index in [1.807, 2.05) is 30.5 Å². The van der Waals surface area contributed by atoms with E-state index in [1.165, 1.54) is 11.3 Å². The summed E-state index contributed by atoms with van der Waals surface area (Å²) >= 11 is 3.15. The number of amides is 1. The molecule has 1 aromatic carbocycles. The van der Waals surface area contributed by atoms with Crippen LogP contribution in [0.1, 0.15) is 6.42 Å². The van der Waals surface area contributed by atoms with E-state index < -0.39 is 6.04 Å². The number of thiazole rings is 1. The fraction of sp³-hybridized carbons (Fsp3) is 0.333. The fourth-order valence-electron chi connectivity index (χ4n) is 1.50. The standard InChI is InChI=1S/C12H15N3OS2/c1-17-7-6-8(13)11(16)15-12-14-9-4-2-3-5-10(9)18-12/h2-5,8H,6-7,13H2,1H3,(H,14,15,16)/t8-/m0/s1. The van der Waals surface area contributed by atoms with Gasteiger partial charge in [0.1, 0.15) is 0 Å². The van der Waals surface area contributed by atoms with Gasteiger partial charge in [-0.1, -0.05) is 23.5 Å². The highest BCUT2D eigenvalue weighted by molar-refractivity contribution is 7.98. The number of nitrogens with two attached hydrogens (primary N) is 1. The first-order valence-corrected chi connectivity index (χ1v) is 7.82. The number of carbonyl (C=O) groups excluding carboxylic acids is 1. The molecule has 1 amide bonds. The molecule has 0 radical (unpaired) electrons. The van der Waals surface area contributed by atoms with Crippen LogP contribution in [0.2, 0.25) is 0 Å². The number of fused-ring (bicyclic) bond motifs is 1. The summed E-state index contributed by atoms with van der Waals surface area (Å²) in [7, 11) is 0. The highest BCUT2D eigenvalue weighted by atomic mass is 32.2. The quantitative estimate of drug-likeness (QED) is 0.882. The Bertz CT molecular complexity index is 508. The zero-order valence-electron chi connectivity index (χ0n) is 10.1. The molecule has 1 heterocycles. The third-order valence-corrected chi connectivity index (χ3v) is 4.09. The molecule has 2 rings (SSSR count). The van der Waals surface area contributed by atoms with Crippen molar-refractivity contribution in [3.05, 3.63) is 24.3 Å². The minimum atomic E-state index is -0.468. The van der Waals surface area contributed by atoms with E-state index in [2.05, 4.69) is 10.3 Å². The first-order valence-electron chi connectivity index (χ1n) is 5.61. The van der Waals surface area contributed by atoms with E-state index in [9.17, 15) is 4.79 Å². The Morgan fingerprint density at radius 3 is 3.06 bits per heavy atom. The number of benzene rings is 1. The van der Waals surface area contributed by atoms with Crippen molar-refractivity contribution >= 4 is 44.4 Å². The average Bonchev–Trinajstić information content (AvgIpc) is 2.77. The van der Waals surface area contributed by atoms with E-state index in [1.54, 1.807) is 11.8 Å². The second-order valence-electron chi connectivity index (χ2n) is 3.86. The van der Waals surface area contributed by atoms with Gasteiger partial charge in [0, 0.05) is 0 Å². The van der Waals surface area contributed by atoms with Crippen molar-refractivity contribution in [2.75, 3.05) is 17.3 Å². The third-order valence-electron chi connectivity index (χ3n) is 2.49. The van der Waals surface area contributed by atoms with Crippen LogP contribution in [0.15, 0.2) is 24.3 Å². The molecule has 3 N–H and O–H groups in total. The number of hydrogen-bond donors (Lipinski definition) is 2. The number of aromatic nitrogens is 1. The molecule has 0 spiro atoms. The maximum Gasteiger partial charge on any atom is 0.243 e. The summed E-state index contributed by atoms with van der Waals surface area (Å²) < 4.78 is 1.06. The van der Waals surface area contributed by atoms with Crippen LogP contribution in [0.4, 0.5) is 5.13 Å². The van der Waals surface area contributed by atoms with Gasteiger partial charge in [-0.3, -0.25) is 4.79 Å². The lowest BCUT2D eigenvalue weighted by molar-refractivity contribution is -0.117. The van der Waals surface area contributed by atoms with Crippen LogP contribution in [0.5, 0.6) is 0 Å². The molecule has 18 heavy (non-hydrogen) atoms. The molecule has 0 saturated heterocycles. The zero-order valence-corrected chi connectivity index (χ0v) is 11.7. The van der Waals surface area contributed by atoms with Crippen LogP contribution in [0.25, 0.3) is 10.2 Å². The van der Waals surface area contributed by atoms with E-state index in [4.69, 9.17) is 5.73 Å². The molecule has 96 valence electrons. The van der Waals surface area contributed by atoms with Crippen molar-refractivity contribution in [2.45, 2.75) is 12.5 Å². The van der Waals surface area contributed by atoms with Crippen molar-refractivity contribution in [3.8, 4) is 0 Å². The topological polar surface area (TPSA) is 68.0 Å². The smallest absolute Gasteiger partial charge is 0.243 e. The van der Waals surface area contributed by atoms with Crippen LogP contribution in [-0.4, -0.2) is 28.9 Å². The van der Waals surface area contributed by atoms with Crippen molar-refractivity contribution < 1.29 is 4.79 Å². The van der Waals surface area contributed by atoms with E-state index >= 15 is 0 Å². The maximum absolute atomic E-state index is 11.8. The summed E-state index contributed by atoms with van der Waals surface area (Å²) in [5, 5.41) is 3.39. The molecule has 1 aromatic heterocycles. The SMILES string of the molecule is CSCC[C@H](N)C(=O)Nc1nc2ccccc2s1. The Labute approximate surface area is 114 Å². The van der Waals surface area contributed by atoms with Gasteiger partial charge in [0.15, 0.2) is 5.13 Å². The molecule has 0 aliphatic carbocycles. The molecule has 2 aromatic rings. The fourth-order valence-corrected chi connectivity index (χ4v) is 2.86. The molecule has 6 heteroatoms. The largest absolute Gasteiger partial charge is 0.320 e. The summed E-state index contributed by atoms with van der Waals surface area (Å²) in [6.45, 7) is 0. The van der Waals surface area contributed by atoms with Gasteiger partial charge in [-0.05, 0) is 30.6 Å². The Morgan fingerprint density at radius 2 is 2.33 bits per heavy atom. The molecule has 4 nitrogen and oxygen atoms in total. The first kappa shape index (κ1) is 13.3. The second kappa shape index (κ2) is 6.17. The maximum atomic E-state index is 11.8. The minimum Gasteiger partial charge on any atom is -0.320 e. The minimum absolute atomic E-state index is 0.164. The Balaban J connectivity index is 2.02. The van der Waals surface area contributed by atoms with Crippen molar-refractivity contribution in [2.24, 2.45) is 5.73 Å². The van der Waals surface area contributed by atoms with Crippen LogP contribution in [0.3, 0.4) is 0 Å². The van der Waals surface area contributed by atoms with Crippen LogP contribution in [-0.2, 0) is 4.79 Å². The van der Waals surface area contributed by atoms with Gasteiger partial charge in [-0.15, -0.1) is 0 Å². The van der Waals surface area contributed by atoms with Gasteiger partial charge in [-0.2, -0.15) is 11.8 Å². The molecule has 0 aliphatic rings. The van der Waals surface area contributed by atoms with Gasteiger partial charge in [0.2, 0.25) is 5.91 Å². The number of anilines is 1. The second-order valence-corrected chi connectivity index (χ2v) is 5.88. The first-order chi connectivity index (χ1) is 8.70. The van der Waals surface area contributed by atoms with Crippen LogP contribution >= 0.6 is 23.1 Å². The molecule has 0 bridgehead atoms. The summed E-state index contributed by atoms with van der Waals surface area (Å²) in [5.74, 6) is 0.720. The number of thioether (sulfide) groups is 1. The summed E-state index contributed by atoms with van der Waals surface area (Å²) in [6, 6.07) is 7.32. The van der Waals surface area contributed by atoms with Crippen LogP contribution in [0, 0.1) is 0 Å². The normalized spacial score (nSPS) is 12.6. The molecule has 0 aliphatic heterocycles. The Hall–Kier alpha value is -1.11. The van der Waals surface area contributed by atoms with Crippen molar-refractivity contribution in [3.63, 3.8) is 0 Å². The Morgan fingerprint density at radius 1 is 1.56 bits per heavy atom. The van der Waals surface area contributed by atoms with Gasteiger partial charge in [-0.25, -0.2) is 4.98 Å². The predicted octanol–water partition coefficient (Wildman–Crippen LogP) is 2.32. The van der Waals surface area contributed by atoms with Gasteiger partial charge in [0.05, 0.1) is 16.3 Å².